The van der Waals surface area contributed by atoms with Crippen LogP contribution in [-0.2, 0) is 4.74 Å². The van der Waals surface area contributed by atoms with Crippen molar-refractivity contribution in [3.63, 3.8) is 0 Å². The van der Waals surface area contributed by atoms with Crippen LogP contribution in [0.25, 0.3) is 0 Å². The monoisotopic (exact) mass is 223 g/mol. The van der Waals surface area contributed by atoms with E-state index in [4.69, 9.17) is 10.5 Å². The van der Waals surface area contributed by atoms with E-state index in [-0.39, 0.29) is 11.1 Å². The van der Waals surface area contributed by atoms with Gasteiger partial charge in [-0.15, -0.1) is 0 Å². The summed E-state index contributed by atoms with van der Waals surface area (Å²) in [7, 11) is 0. The average Bonchev–Trinajstić information content (AvgIpc) is 2.79. The van der Waals surface area contributed by atoms with Gasteiger partial charge in [-0.05, 0) is 64.2 Å². The van der Waals surface area contributed by atoms with Crippen LogP contribution < -0.4 is 5.73 Å². The van der Waals surface area contributed by atoms with Gasteiger partial charge in [0.05, 0.1) is 11.7 Å². The summed E-state index contributed by atoms with van der Waals surface area (Å²) in [5.74, 6) is 1.73. The van der Waals surface area contributed by atoms with Gasteiger partial charge in [0.15, 0.2) is 0 Å². The van der Waals surface area contributed by atoms with Crippen LogP contribution in [0.5, 0.6) is 0 Å². The Bertz CT molecular complexity index is 288. The van der Waals surface area contributed by atoms with E-state index in [0.717, 1.165) is 18.3 Å². The SMILES string of the molecule is CC1(C)CCC(CC2(N)CC3CCC2C3)O1. The summed E-state index contributed by atoms with van der Waals surface area (Å²) in [5, 5.41) is 0. The summed E-state index contributed by atoms with van der Waals surface area (Å²) in [6.45, 7) is 4.41. The Morgan fingerprint density at radius 3 is 2.56 bits per heavy atom. The molecule has 4 atom stereocenters. The second kappa shape index (κ2) is 3.46. The summed E-state index contributed by atoms with van der Waals surface area (Å²) in [6, 6.07) is 0. The molecule has 3 rings (SSSR count). The number of hydrogen-bond donors (Lipinski definition) is 1. The van der Waals surface area contributed by atoms with Gasteiger partial charge < -0.3 is 10.5 Å². The van der Waals surface area contributed by atoms with Gasteiger partial charge in [-0.2, -0.15) is 0 Å². The molecule has 0 aromatic carbocycles. The maximum Gasteiger partial charge on any atom is 0.0631 e. The van der Waals surface area contributed by atoms with E-state index in [0.29, 0.717) is 6.10 Å². The predicted octanol–water partition coefficient (Wildman–Crippen LogP) is 2.85. The van der Waals surface area contributed by atoms with E-state index >= 15 is 0 Å². The van der Waals surface area contributed by atoms with Crippen LogP contribution in [0.15, 0.2) is 0 Å². The molecule has 0 aromatic rings. The van der Waals surface area contributed by atoms with Crippen LogP contribution in [0.1, 0.15) is 58.8 Å². The standard InChI is InChI=1S/C14H25NO/c1-13(2)6-5-12(16-13)9-14(15)8-10-3-4-11(14)7-10/h10-12H,3-9,15H2,1-2H3. The van der Waals surface area contributed by atoms with Crippen molar-refractivity contribution in [3.8, 4) is 0 Å². The van der Waals surface area contributed by atoms with Crippen molar-refractivity contribution in [2.45, 2.75) is 76.0 Å². The minimum absolute atomic E-state index is 0.0959. The van der Waals surface area contributed by atoms with E-state index in [1.807, 2.05) is 0 Å². The third-order valence-corrected chi connectivity index (χ3v) is 5.18. The minimum atomic E-state index is 0.0959. The van der Waals surface area contributed by atoms with Gasteiger partial charge in [-0.25, -0.2) is 0 Å². The Morgan fingerprint density at radius 1 is 1.25 bits per heavy atom. The molecule has 2 heteroatoms. The van der Waals surface area contributed by atoms with E-state index in [1.54, 1.807) is 0 Å². The summed E-state index contributed by atoms with van der Waals surface area (Å²) < 4.78 is 6.10. The van der Waals surface area contributed by atoms with E-state index in [2.05, 4.69) is 13.8 Å². The molecule has 16 heavy (non-hydrogen) atoms. The first kappa shape index (κ1) is 11.0. The smallest absolute Gasteiger partial charge is 0.0631 e. The fraction of sp³-hybridized carbons (Fsp3) is 1.00. The normalized spacial score (nSPS) is 50.1. The van der Waals surface area contributed by atoms with E-state index in [1.165, 1.54) is 38.5 Å². The second-order valence-electron chi connectivity index (χ2n) is 7.06. The molecule has 0 radical (unpaired) electrons. The number of hydrogen-bond acceptors (Lipinski definition) is 2. The quantitative estimate of drug-likeness (QED) is 0.781. The van der Waals surface area contributed by atoms with Crippen LogP contribution in [-0.4, -0.2) is 17.2 Å². The predicted molar refractivity (Wildman–Crippen MR) is 65.2 cm³/mol. The first-order valence-corrected chi connectivity index (χ1v) is 6.94. The van der Waals surface area contributed by atoms with E-state index < -0.39 is 0 Å². The zero-order valence-corrected chi connectivity index (χ0v) is 10.7. The van der Waals surface area contributed by atoms with Gasteiger partial charge in [0, 0.05) is 5.54 Å². The number of rotatable bonds is 2. The topological polar surface area (TPSA) is 35.2 Å². The van der Waals surface area contributed by atoms with Crippen molar-refractivity contribution in [2.75, 3.05) is 0 Å². The largest absolute Gasteiger partial charge is 0.372 e. The Labute approximate surface area is 98.9 Å². The van der Waals surface area contributed by atoms with Crippen LogP contribution in [0.4, 0.5) is 0 Å². The first-order valence-electron chi connectivity index (χ1n) is 6.94. The lowest BCUT2D eigenvalue weighted by Crippen LogP contribution is -2.47. The van der Waals surface area contributed by atoms with Crippen LogP contribution >= 0.6 is 0 Å². The fourth-order valence-electron chi connectivity index (χ4n) is 4.38. The minimum Gasteiger partial charge on any atom is -0.372 e. The molecule has 1 aliphatic heterocycles. The average molecular weight is 223 g/mol. The van der Waals surface area contributed by atoms with Gasteiger partial charge in [0.1, 0.15) is 0 Å². The molecule has 3 aliphatic rings. The van der Waals surface area contributed by atoms with E-state index in [9.17, 15) is 0 Å². The lowest BCUT2D eigenvalue weighted by molar-refractivity contribution is -0.0309. The van der Waals surface area contributed by atoms with Gasteiger partial charge in [0.2, 0.25) is 0 Å². The summed E-state index contributed by atoms with van der Waals surface area (Å²) in [6.07, 6.45) is 9.41. The lowest BCUT2D eigenvalue weighted by atomic mass is 9.77. The molecule has 2 nitrogen and oxygen atoms in total. The first-order chi connectivity index (χ1) is 7.47. The third-order valence-electron chi connectivity index (χ3n) is 5.18. The maximum absolute atomic E-state index is 6.63. The highest BCUT2D eigenvalue weighted by Crippen LogP contribution is 2.52. The highest BCUT2D eigenvalue weighted by Gasteiger charge is 2.50. The summed E-state index contributed by atoms with van der Waals surface area (Å²) in [5.41, 5.74) is 6.85. The molecule has 92 valence electrons. The molecule has 1 saturated heterocycles. The third kappa shape index (κ3) is 1.80. The van der Waals surface area contributed by atoms with Crippen LogP contribution in [0.3, 0.4) is 0 Å². The summed E-state index contributed by atoms with van der Waals surface area (Å²) in [4.78, 5) is 0. The molecule has 2 bridgehead atoms. The summed E-state index contributed by atoms with van der Waals surface area (Å²) >= 11 is 0. The zero-order valence-electron chi connectivity index (χ0n) is 10.7. The van der Waals surface area contributed by atoms with Gasteiger partial charge in [-0.3, -0.25) is 0 Å². The Balaban J connectivity index is 1.63. The highest BCUT2D eigenvalue weighted by molar-refractivity contribution is 5.06. The van der Waals surface area contributed by atoms with Crippen LogP contribution in [0, 0.1) is 11.8 Å². The zero-order chi connectivity index (χ0) is 11.4. The van der Waals surface area contributed by atoms with Gasteiger partial charge in [0.25, 0.3) is 0 Å². The van der Waals surface area contributed by atoms with Crippen molar-refractivity contribution < 1.29 is 4.74 Å². The number of ether oxygens (including phenoxy) is 1. The van der Waals surface area contributed by atoms with Crippen molar-refractivity contribution >= 4 is 0 Å². The number of nitrogens with two attached hydrogens (primary N) is 1. The Hall–Kier alpha value is -0.0800. The molecule has 2 aliphatic carbocycles. The molecule has 2 N–H and O–H groups in total. The molecule has 3 fully saturated rings. The van der Waals surface area contributed by atoms with Gasteiger partial charge in [-0.1, -0.05) is 6.42 Å². The molecular weight excluding hydrogens is 198 g/mol. The van der Waals surface area contributed by atoms with Crippen LogP contribution in [0.2, 0.25) is 0 Å². The molecular formula is C14H25NO. The second-order valence-corrected chi connectivity index (χ2v) is 7.06. The highest BCUT2D eigenvalue weighted by atomic mass is 16.5. The maximum atomic E-state index is 6.63. The Morgan fingerprint density at radius 2 is 2.06 bits per heavy atom. The molecule has 4 unspecified atom stereocenters. The number of fused-ring (bicyclic) bond motifs is 2. The molecule has 0 spiro atoms. The Kier molecular flexibility index (Phi) is 2.38. The molecule has 0 amide bonds. The fourth-order valence-corrected chi connectivity index (χ4v) is 4.38. The molecule has 0 aromatic heterocycles. The van der Waals surface area contributed by atoms with Crippen molar-refractivity contribution in [2.24, 2.45) is 17.6 Å². The van der Waals surface area contributed by atoms with Gasteiger partial charge >= 0.3 is 0 Å². The van der Waals surface area contributed by atoms with Crippen molar-refractivity contribution in [1.29, 1.82) is 0 Å². The molecule has 1 heterocycles. The van der Waals surface area contributed by atoms with Crippen molar-refractivity contribution in [3.05, 3.63) is 0 Å². The van der Waals surface area contributed by atoms with Crippen molar-refractivity contribution in [1.82, 2.24) is 0 Å². The lowest BCUT2D eigenvalue weighted by Gasteiger charge is -2.36. The molecule has 2 saturated carbocycles.